The Morgan fingerprint density at radius 2 is 1.94 bits per heavy atom. The molecule has 4 amide bonds. The molecule has 0 spiro atoms. The van der Waals surface area contributed by atoms with Gasteiger partial charge in [0.05, 0.1) is 0 Å². The van der Waals surface area contributed by atoms with Crippen molar-refractivity contribution in [1.29, 1.82) is 0 Å². The van der Waals surface area contributed by atoms with Crippen LogP contribution in [0.25, 0.3) is 0 Å². The van der Waals surface area contributed by atoms with Gasteiger partial charge in [0.2, 0.25) is 17.7 Å². The normalized spacial score (nSPS) is 24.2. The Balaban J connectivity index is 1.41. The lowest BCUT2D eigenvalue weighted by molar-refractivity contribution is -0.159. The van der Waals surface area contributed by atoms with Gasteiger partial charge in [-0.05, 0) is 36.5 Å². The summed E-state index contributed by atoms with van der Waals surface area (Å²) in [6.45, 7) is 0.382. The number of nitrogens with one attached hydrogen (secondary N) is 2. The number of amides is 4. The Hall–Kier alpha value is -2.88. The molecule has 2 aliphatic heterocycles. The van der Waals surface area contributed by atoms with Gasteiger partial charge in [-0.15, -0.1) is 0 Å². The highest BCUT2D eigenvalue weighted by molar-refractivity contribution is 6.05. The van der Waals surface area contributed by atoms with Crippen molar-refractivity contribution in [3.05, 3.63) is 34.9 Å². The number of piperidine rings is 1. The number of alkyl halides is 2. The third-order valence-corrected chi connectivity index (χ3v) is 6.64. The van der Waals surface area contributed by atoms with Crippen LogP contribution < -0.4 is 10.6 Å². The molecule has 1 aromatic carbocycles. The first-order chi connectivity index (χ1) is 15.1. The Morgan fingerprint density at radius 1 is 1.22 bits per heavy atom. The third-order valence-electron chi connectivity index (χ3n) is 6.64. The quantitative estimate of drug-likeness (QED) is 0.666. The number of carbonyl (C=O) groups is 4. The average Bonchev–Trinajstić information content (AvgIpc) is 3.08. The van der Waals surface area contributed by atoms with E-state index in [4.69, 9.17) is 4.74 Å². The molecule has 2 heterocycles. The van der Waals surface area contributed by atoms with E-state index in [-0.39, 0.29) is 50.6 Å². The van der Waals surface area contributed by atoms with Crippen molar-refractivity contribution in [2.75, 3.05) is 7.11 Å². The smallest absolute Gasteiger partial charge is 0.255 e. The number of halogens is 2. The van der Waals surface area contributed by atoms with Crippen LogP contribution in [0.5, 0.6) is 0 Å². The van der Waals surface area contributed by atoms with Crippen molar-refractivity contribution in [3.8, 4) is 0 Å². The maximum atomic E-state index is 13.5. The summed E-state index contributed by atoms with van der Waals surface area (Å²) in [5.74, 6) is -4.35. The van der Waals surface area contributed by atoms with Gasteiger partial charge in [-0.25, -0.2) is 8.78 Å². The molecule has 32 heavy (non-hydrogen) atoms. The van der Waals surface area contributed by atoms with E-state index in [9.17, 15) is 28.0 Å². The second kappa shape index (κ2) is 8.23. The van der Waals surface area contributed by atoms with Crippen LogP contribution in [0.2, 0.25) is 0 Å². The minimum absolute atomic E-state index is 0.0636. The van der Waals surface area contributed by atoms with Crippen LogP contribution in [-0.4, -0.2) is 53.2 Å². The molecule has 0 bridgehead atoms. The molecule has 8 nitrogen and oxygen atoms in total. The number of methoxy groups -OCH3 is 1. The number of nitrogens with zero attached hydrogens (tertiary/aromatic N) is 1. The van der Waals surface area contributed by atoms with E-state index < -0.39 is 42.2 Å². The number of benzene rings is 1. The summed E-state index contributed by atoms with van der Waals surface area (Å²) in [6, 6.07) is 4.52. The highest BCUT2D eigenvalue weighted by Crippen LogP contribution is 2.40. The van der Waals surface area contributed by atoms with E-state index >= 15 is 0 Å². The topological polar surface area (TPSA) is 105 Å². The van der Waals surface area contributed by atoms with Gasteiger partial charge >= 0.3 is 0 Å². The van der Waals surface area contributed by atoms with Gasteiger partial charge in [0.25, 0.3) is 11.8 Å². The number of fused-ring (bicyclic) bond motifs is 1. The van der Waals surface area contributed by atoms with Crippen molar-refractivity contribution in [2.24, 2.45) is 0 Å². The summed E-state index contributed by atoms with van der Waals surface area (Å²) in [5.41, 5.74) is 0.595. The van der Waals surface area contributed by atoms with Gasteiger partial charge in [0.1, 0.15) is 11.6 Å². The number of imide groups is 1. The van der Waals surface area contributed by atoms with Gasteiger partial charge in [0.15, 0.2) is 0 Å². The van der Waals surface area contributed by atoms with E-state index in [2.05, 4.69) is 10.6 Å². The van der Waals surface area contributed by atoms with Gasteiger partial charge < -0.3 is 15.0 Å². The van der Waals surface area contributed by atoms with Crippen LogP contribution in [0.3, 0.4) is 0 Å². The lowest BCUT2D eigenvalue weighted by Crippen LogP contribution is -2.52. The molecule has 4 rings (SSSR count). The minimum Gasteiger partial charge on any atom is -0.368 e. The fourth-order valence-electron chi connectivity index (χ4n) is 4.60. The van der Waals surface area contributed by atoms with Crippen molar-refractivity contribution >= 4 is 23.6 Å². The molecular weight excluding hydrogens is 424 g/mol. The van der Waals surface area contributed by atoms with E-state index in [0.29, 0.717) is 11.1 Å². The molecule has 0 radical (unpaired) electrons. The SMILES string of the molecule is COC1(C(=O)NCc2ccc3c(c2)C(=O)N(C2CCC(=O)NC2=O)C3)CCC(F)(F)CC1. The minimum atomic E-state index is -2.78. The first kappa shape index (κ1) is 22.3. The number of rotatable bonds is 5. The van der Waals surface area contributed by atoms with Crippen LogP contribution >= 0.6 is 0 Å². The molecule has 10 heteroatoms. The molecular formula is C22H25F2N3O5. The Kier molecular flexibility index (Phi) is 5.74. The highest BCUT2D eigenvalue weighted by atomic mass is 19.3. The lowest BCUT2D eigenvalue weighted by atomic mass is 9.82. The summed E-state index contributed by atoms with van der Waals surface area (Å²) < 4.78 is 32.4. The van der Waals surface area contributed by atoms with E-state index in [0.717, 1.165) is 5.56 Å². The van der Waals surface area contributed by atoms with Crippen molar-refractivity contribution in [3.63, 3.8) is 0 Å². The van der Waals surface area contributed by atoms with Crippen LogP contribution in [0.15, 0.2) is 18.2 Å². The van der Waals surface area contributed by atoms with Gasteiger partial charge in [-0.2, -0.15) is 0 Å². The predicted octanol–water partition coefficient (Wildman–Crippen LogP) is 1.66. The van der Waals surface area contributed by atoms with Gasteiger partial charge in [-0.3, -0.25) is 24.5 Å². The first-order valence-corrected chi connectivity index (χ1v) is 10.6. The van der Waals surface area contributed by atoms with Gasteiger partial charge in [0, 0.05) is 45.0 Å². The maximum absolute atomic E-state index is 13.5. The molecule has 1 saturated heterocycles. The molecule has 1 unspecified atom stereocenters. The van der Waals surface area contributed by atoms with Crippen LogP contribution in [0.1, 0.15) is 60.0 Å². The summed E-state index contributed by atoms with van der Waals surface area (Å²) in [7, 11) is 1.35. The third kappa shape index (κ3) is 4.11. The zero-order chi connectivity index (χ0) is 23.1. The van der Waals surface area contributed by atoms with E-state index in [1.54, 1.807) is 18.2 Å². The molecule has 2 fully saturated rings. The second-order valence-electron chi connectivity index (χ2n) is 8.63. The average molecular weight is 449 g/mol. The number of ether oxygens (including phenoxy) is 1. The molecule has 1 saturated carbocycles. The predicted molar refractivity (Wildman–Crippen MR) is 107 cm³/mol. The van der Waals surface area contributed by atoms with E-state index in [1.807, 2.05) is 0 Å². The summed E-state index contributed by atoms with van der Waals surface area (Å²) in [5, 5.41) is 5.01. The van der Waals surface area contributed by atoms with Crippen LogP contribution in [0.4, 0.5) is 8.78 Å². The van der Waals surface area contributed by atoms with Crippen molar-refractivity contribution in [2.45, 2.75) is 69.2 Å². The molecule has 1 aliphatic carbocycles. The number of carbonyl (C=O) groups excluding carboxylic acids is 4. The molecule has 1 atom stereocenters. The number of hydrogen-bond acceptors (Lipinski definition) is 5. The number of hydrogen-bond donors (Lipinski definition) is 2. The molecule has 2 N–H and O–H groups in total. The zero-order valence-corrected chi connectivity index (χ0v) is 17.7. The largest absolute Gasteiger partial charge is 0.368 e. The Labute approximate surface area is 183 Å². The van der Waals surface area contributed by atoms with Crippen LogP contribution in [0, 0.1) is 0 Å². The van der Waals surface area contributed by atoms with Crippen LogP contribution in [-0.2, 0) is 32.2 Å². The fraction of sp³-hybridized carbons (Fsp3) is 0.545. The molecule has 3 aliphatic rings. The first-order valence-electron chi connectivity index (χ1n) is 10.6. The standard InChI is InChI=1S/C22H25F2N3O5/c1-32-21(6-8-22(23,24)9-7-21)20(31)25-11-13-2-3-14-12-27(19(30)15(14)10-13)16-4-5-17(28)26-18(16)29/h2-3,10,16H,4-9,11-12H2,1H3,(H,25,31)(H,26,28,29). The Bertz CT molecular complexity index is 970. The maximum Gasteiger partial charge on any atom is 0.255 e. The second-order valence-corrected chi connectivity index (χ2v) is 8.63. The fourth-order valence-corrected chi connectivity index (χ4v) is 4.60. The Morgan fingerprint density at radius 3 is 2.59 bits per heavy atom. The monoisotopic (exact) mass is 449 g/mol. The summed E-state index contributed by atoms with van der Waals surface area (Å²) in [6.07, 6.45) is -0.472. The lowest BCUT2D eigenvalue weighted by Gasteiger charge is -2.37. The van der Waals surface area contributed by atoms with E-state index in [1.165, 1.54) is 12.0 Å². The molecule has 1 aromatic rings. The highest BCUT2D eigenvalue weighted by Gasteiger charge is 2.48. The summed E-state index contributed by atoms with van der Waals surface area (Å²) in [4.78, 5) is 50.6. The molecule has 172 valence electrons. The van der Waals surface area contributed by atoms with Gasteiger partial charge in [-0.1, -0.05) is 12.1 Å². The summed E-state index contributed by atoms with van der Waals surface area (Å²) >= 11 is 0. The van der Waals surface area contributed by atoms with Crippen molar-refractivity contribution < 1.29 is 32.7 Å². The molecule has 0 aromatic heterocycles. The van der Waals surface area contributed by atoms with Crippen molar-refractivity contribution in [1.82, 2.24) is 15.5 Å². The zero-order valence-electron chi connectivity index (χ0n) is 17.7.